The third kappa shape index (κ3) is 4.01. The predicted molar refractivity (Wildman–Crippen MR) is 122 cm³/mol. The second-order valence-electron chi connectivity index (χ2n) is 8.43. The Bertz CT molecular complexity index is 1500. The predicted octanol–water partition coefficient (Wildman–Crippen LogP) is 3.52. The van der Waals surface area contributed by atoms with E-state index in [1.165, 1.54) is 12.1 Å². The molecule has 0 unspecified atom stereocenters. The van der Waals surface area contributed by atoms with Crippen molar-refractivity contribution in [1.82, 2.24) is 29.8 Å². The number of carbonyl (C=O) groups is 2. The fourth-order valence-corrected chi connectivity index (χ4v) is 4.13. The molecular formula is C23H20F3N7O3. The van der Waals surface area contributed by atoms with Gasteiger partial charge in [-0.3, -0.25) is 14.5 Å². The number of benzene rings is 1. The van der Waals surface area contributed by atoms with E-state index in [0.29, 0.717) is 33.8 Å². The molecule has 0 aliphatic carbocycles. The number of carbonyl (C=O) groups excluding carboxylic acids is 2. The van der Waals surface area contributed by atoms with E-state index < -0.39 is 29.8 Å². The van der Waals surface area contributed by atoms with E-state index in [9.17, 15) is 22.8 Å². The number of nitrogens with zero attached hydrogens (tertiary/aromatic N) is 6. The van der Waals surface area contributed by atoms with Crippen molar-refractivity contribution in [2.75, 3.05) is 12.3 Å². The van der Waals surface area contributed by atoms with Gasteiger partial charge < -0.3 is 10.5 Å². The summed E-state index contributed by atoms with van der Waals surface area (Å²) in [4.78, 5) is 34.4. The summed E-state index contributed by atoms with van der Waals surface area (Å²) in [6.45, 7) is 1.50. The average molecular weight is 499 g/mol. The van der Waals surface area contributed by atoms with Crippen LogP contribution in [0.3, 0.4) is 0 Å². The first kappa shape index (κ1) is 23.3. The van der Waals surface area contributed by atoms with Crippen molar-refractivity contribution in [3.05, 3.63) is 59.5 Å². The molecule has 1 aliphatic heterocycles. The molecule has 0 radical (unpaired) electrons. The van der Waals surface area contributed by atoms with Crippen molar-refractivity contribution in [2.24, 2.45) is 7.05 Å². The van der Waals surface area contributed by atoms with Crippen molar-refractivity contribution in [3.63, 3.8) is 0 Å². The lowest BCUT2D eigenvalue weighted by Gasteiger charge is -2.29. The Morgan fingerprint density at radius 2 is 2.00 bits per heavy atom. The molecular weight excluding hydrogens is 479 g/mol. The van der Waals surface area contributed by atoms with E-state index >= 15 is 0 Å². The van der Waals surface area contributed by atoms with Crippen LogP contribution in [0.15, 0.2) is 42.7 Å². The van der Waals surface area contributed by atoms with Crippen LogP contribution in [0.5, 0.6) is 0 Å². The topological polar surface area (TPSA) is 119 Å². The van der Waals surface area contributed by atoms with Crippen LogP contribution in [0.4, 0.5) is 23.8 Å². The molecule has 1 atom stereocenters. The van der Waals surface area contributed by atoms with Crippen LogP contribution >= 0.6 is 0 Å². The Morgan fingerprint density at radius 3 is 2.64 bits per heavy atom. The van der Waals surface area contributed by atoms with Crippen LogP contribution in [0.2, 0.25) is 0 Å². The second-order valence-corrected chi connectivity index (χ2v) is 8.43. The first-order valence-electron chi connectivity index (χ1n) is 10.9. The highest BCUT2D eigenvalue weighted by molar-refractivity contribution is 6.10. The Balaban J connectivity index is 1.55. The number of pyridine rings is 2. The summed E-state index contributed by atoms with van der Waals surface area (Å²) in [5.74, 6) is -0.273. The highest BCUT2D eigenvalue weighted by Crippen LogP contribution is 2.30. The maximum atomic E-state index is 13.7. The zero-order valence-corrected chi connectivity index (χ0v) is 19.2. The van der Waals surface area contributed by atoms with Crippen LogP contribution in [-0.4, -0.2) is 54.4 Å². The first-order chi connectivity index (χ1) is 17.0. The van der Waals surface area contributed by atoms with Crippen LogP contribution in [0, 0.1) is 0 Å². The lowest BCUT2D eigenvalue weighted by Crippen LogP contribution is -2.47. The van der Waals surface area contributed by atoms with Crippen molar-refractivity contribution in [2.45, 2.75) is 25.7 Å². The quantitative estimate of drug-likeness (QED) is 0.456. The van der Waals surface area contributed by atoms with Gasteiger partial charge in [-0.1, -0.05) is 0 Å². The number of cyclic esters (lactones) is 1. The minimum absolute atomic E-state index is 0.0862. The minimum Gasteiger partial charge on any atom is -0.443 e. The summed E-state index contributed by atoms with van der Waals surface area (Å²) in [5, 5.41) is 7.71. The molecule has 2 N–H and O–H groups in total. The van der Waals surface area contributed by atoms with E-state index in [-0.39, 0.29) is 24.3 Å². The van der Waals surface area contributed by atoms with E-state index in [2.05, 4.69) is 15.1 Å². The average Bonchev–Trinajstić information content (AvgIpc) is 3.38. The van der Waals surface area contributed by atoms with Crippen LogP contribution in [0.1, 0.15) is 28.5 Å². The Morgan fingerprint density at radius 1 is 1.22 bits per heavy atom. The molecule has 10 nitrogen and oxygen atoms in total. The minimum atomic E-state index is -4.55. The van der Waals surface area contributed by atoms with Gasteiger partial charge in [0.2, 0.25) is 0 Å². The molecule has 1 aliphatic rings. The van der Waals surface area contributed by atoms with Gasteiger partial charge in [0.05, 0.1) is 47.0 Å². The van der Waals surface area contributed by atoms with E-state index in [0.717, 1.165) is 16.1 Å². The Labute approximate surface area is 202 Å². The van der Waals surface area contributed by atoms with E-state index in [1.54, 1.807) is 37.0 Å². The van der Waals surface area contributed by atoms with Gasteiger partial charge >= 0.3 is 12.3 Å². The van der Waals surface area contributed by atoms with Gasteiger partial charge in [-0.05, 0) is 37.3 Å². The zero-order valence-electron chi connectivity index (χ0n) is 19.2. The number of anilines is 1. The number of aryl methyl sites for hydroxylation is 1. The number of alkyl halides is 3. The fraction of sp³-hybridized carbons (Fsp3) is 0.261. The summed E-state index contributed by atoms with van der Waals surface area (Å²) >= 11 is 0. The number of aromatic nitrogens is 4. The standard InChI is InChI=1S/C23H20F3N7O3/c1-12-10-33(22(35)36-12)32(11-15-5-4-14(8-28-15)23(24,25)26)21(34)13-3-6-18-16(7-13)19-17(20(27)30-18)9-29-31(19)2/h3-9,12H,10-11H2,1-2H3,(H2,27,30)/t12-/m1/s1. The number of hydrazine groups is 1. The van der Waals surface area contributed by atoms with Crippen LogP contribution < -0.4 is 5.73 Å². The number of fused-ring (bicyclic) bond motifs is 3. The molecule has 36 heavy (non-hydrogen) atoms. The van der Waals surface area contributed by atoms with Crippen molar-refractivity contribution in [3.8, 4) is 0 Å². The lowest BCUT2D eigenvalue weighted by molar-refractivity contribution is -0.137. The van der Waals surface area contributed by atoms with Gasteiger partial charge in [0.15, 0.2) is 0 Å². The fourth-order valence-electron chi connectivity index (χ4n) is 4.13. The number of hydrogen-bond acceptors (Lipinski definition) is 7. The summed E-state index contributed by atoms with van der Waals surface area (Å²) in [6, 6.07) is 6.83. The molecule has 4 aromatic rings. The maximum absolute atomic E-state index is 13.7. The number of rotatable bonds is 4. The SMILES string of the molecule is C[C@@H]1CN(N(Cc2ccc(C(F)(F)F)cn2)C(=O)c2ccc3nc(N)c4cnn(C)c4c3c2)C(=O)O1. The summed E-state index contributed by atoms with van der Waals surface area (Å²) in [7, 11) is 1.74. The monoisotopic (exact) mass is 499 g/mol. The van der Waals surface area contributed by atoms with Crippen LogP contribution in [0.25, 0.3) is 21.8 Å². The smallest absolute Gasteiger partial charge is 0.429 e. The molecule has 1 fully saturated rings. The van der Waals surface area contributed by atoms with Gasteiger partial charge in [-0.15, -0.1) is 0 Å². The number of hydrogen-bond donors (Lipinski definition) is 1. The molecule has 13 heteroatoms. The first-order valence-corrected chi connectivity index (χ1v) is 10.9. The third-order valence-corrected chi connectivity index (χ3v) is 5.89. The van der Waals surface area contributed by atoms with Gasteiger partial charge in [0, 0.05) is 24.2 Å². The number of halogens is 3. The third-order valence-electron chi connectivity index (χ3n) is 5.89. The largest absolute Gasteiger partial charge is 0.443 e. The molecule has 4 heterocycles. The molecule has 0 saturated carbocycles. The molecule has 5 rings (SSSR count). The van der Waals surface area contributed by atoms with Gasteiger partial charge in [0.25, 0.3) is 5.91 Å². The van der Waals surface area contributed by atoms with Gasteiger partial charge in [0.1, 0.15) is 11.9 Å². The molecule has 186 valence electrons. The Kier molecular flexibility index (Phi) is 5.42. The molecule has 1 aromatic carbocycles. The van der Waals surface area contributed by atoms with Crippen molar-refractivity contribution in [1.29, 1.82) is 0 Å². The second kappa shape index (κ2) is 8.36. The number of nitrogen functional groups attached to an aromatic ring is 1. The summed E-state index contributed by atoms with van der Waals surface area (Å²) < 4.78 is 45.6. The number of ether oxygens (including phenoxy) is 1. The van der Waals surface area contributed by atoms with Crippen molar-refractivity contribution < 1.29 is 27.5 Å². The summed E-state index contributed by atoms with van der Waals surface area (Å²) in [6.07, 6.45) is -3.50. The molecule has 0 bridgehead atoms. The van der Waals surface area contributed by atoms with E-state index in [4.69, 9.17) is 10.5 Å². The normalized spacial score (nSPS) is 16.1. The molecule has 3 aromatic heterocycles. The summed E-state index contributed by atoms with van der Waals surface area (Å²) in [5.41, 5.74) is 6.73. The van der Waals surface area contributed by atoms with Crippen molar-refractivity contribution >= 4 is 39.6 Å². The van der Waals surface area contributed by atoms with Gasteiger partial charge in [-0.25, -0.2) is 19.8 Å². The molecule has 2 amide bonds. The van der Waals surface area contributed by atoms with Gasteiger partial charge in [-0.2, -0.15) is 18.3 Å². The van der Waals surface area contributed by atoms with Crippen LogP contribution in [-0.2, 0) is 24.5 Å². The van der Waals surface area contributed by atoms with E-state index in [1.807, 2.05) is 0 Å². The highest BCUT2D eigenvalue weighted by Gasteiger charge is 2.37. The Hall–Kier alpha value is -4.42. The number of nitrogens with two attached hydrogens (primary N) is 1. The lowest BCUT2D eigenvalue weighted by atomic mass is 10.1. The molecule has 1 saturated heterocycles. The number of amides is 2. The molecule has 0 spiro atoms. The highest BCUT2D eigenvalue weighted by atomic mass is 19.4. The maximum Gasteiger partial charge on any atom is 0.429 e. The zero-order chi connectivity index (χ0) is 25.8.